The number of rotatable bonds is 2. The number of carbonyl (C=O) groups excluding carboxylic acids is 1. The molecule has 0 spiro atoms. The highest BCUT2D eigenvalue weighted by molar-refractivity contribution is 9.10. The van der Waals surface area contributed by atoms with E-state index in [0.717, 1.165) is 28.8 Å². The van der Waals surface area contributed by atoms with E-state index in [1.54, 1.807) is 4.90 Å². The van der Waals surface area contributed by atoms with Crippen LogP contribution in [0.1, 0.15) is 5.56 Å². The van der Waals surface area contributed by atoms with Gasteiger partial charge >= 0.3 is 0 Å². The Hall–Kier alpha value is -1.07. The first-order chi connectivity index (χ1) is 8.11. The predicted molar refractivity (Wildman–Crippen MR) is 69.9 cm³/mol. The Morgan fingerprint density at radius 1 is 1.41 bits per heavy atom. The molecule has 1 aromatic carbocycles. The number of piperazine rings is 1. The van der Waals surface area contributed by atoms with Gasteiger partial charge in [0, 0.05) is 35.9 Å². The number of nitrogens with zero attached hydrogens (tertiary/aromatic N) is 2. The number of benzene rings is 1. The SMILES string of the molecule is CN1CCN(c2cc(Br)ccc2CO)CC1=O. The Balaban J connectivity index is 2.27. The van der Waals surface area contributed by atoms with E-state index in [2.05, 4.69) is 15.9 Å². The summed E-state index contributed by atoms with van der Waals surface area (Å²) in [6.07, 6.45) is 0. The average Bonchev–Trinajstić information content (AvgIpc) is 2.32. The van der Waals surface area contributed by atoms with Crippen molar-refractivity contribution in [2.24, 2.45) is 0 Å². The summed E-state index contributed by atoms with van der Waals surface area (Å²) in [5.41, 5.74) is 1.79. The van der Waals surface area contributed by atoms with Gasteiger partial charge in [-0.25, -0.2) is 0 Å². The molecule has 1 aliphatic heterocycles. The van der Waals surface area contributed by atoms with Crippen LogP contribution in [0, 0.1) is 0 Å². The molecule has 5 heteroatoms. The molecule has 1 N–H and O–H groups in total. The summed E-state index contributed by atoms with van der Waals surface area (Å²) >= 11 is 3.42. The summed E-state index contributed by atoms with van der Waals surface area (Å²) in [5.74, 6) is 0.111. The van der Waals surface area contributed by atoms with Crippen LogP contribution in [0.3, 0.4) is 0 Å². The lowest BCUT2D eigenvalue weighted by Gasteiger charge is -2.34. The molecule has 1 fully saturated rings. The lowest BCUT2D eigenvalue weighted by atomic mass is 10.1. The lowest BCUT2D eigenvalue weighted by molar-refractivity contribution is -0.129. The summed E-state index contributed by atoms with van der Waals surface area (Å²) in [6, 6.07) is 5.72. The van der Waals surface area contributed by atoms with Crippen molar-refractivity contribution in [2.45, 2.75) is 6.61 Å². The van der Waals surface area contributed by atoms with Crippen molar-refractivity contribution in [1.82, 2.24) is 4.90 Å². The zero-order valence-corrected chi connectivity index (χ0v) is 11.3. The van der Waals surface area contributed by atoms with E-state index in [4.69, 9.17) is 0 Å². The highest BCUT2D eigenvalue weighted by Crippen LogP contribution is 2.26. The number of hydrogen-bond donors (Lipinski definition) is 1. The first-order valence-corrected chi connectivity index (χ1v) is 6.29. The van der Waals surface area contributed by atoms with E-state index in [0.29, 0.717) is 6.54 Å². The lowest BCUT2D eigenvalue weighted by Crippen LogP contribution is -2.48. The zero-order valence-electron chi connectivity index (χ0n) is 9.69. The maximum atomic E-state index is 11.7. The van der Waals surface area contributed by atoms with E-state index in [9.17, 15) is 9.90 Å². The van der Waals surface area contributed by atoms with E-state index < -0.39 is 0 Å². The molecule has 1 saturated heterocycles. The zero-order chi connectivity index (χ0) is 12.4. The number of aliphatic hydroxyl groups is 1. The fourth-order valence-corrected chi connectivity index (χ4v) is 2.28. The number of halogens is 1. The van der Waals surface area contributed by atoms with Gasteiger partial charge in [0.2, 0.25) is 5.91 Å². The minimum Gasteiger partial charge on any atom is -0.392 e. The smallest absolute Gasteiger partial charge is 0.241 e. The first-order valence-electron chi connectivity index (χ1n) is 5.50. The van der Waals surface area contributed by atoms with E-state index in [1.807, 2.05) is 30.1 Å². The standard InChI is InChI=1S/C12H15BrN2O2/c1-14-4-5-15(7-12(14)17)11-6-10(13)3-2-9(11)8-16/h2-3,6,16H,4-5,7-8H2,1H3. The Bertz CT molecular complexity index is 437. The molecule has 0 aliphatic carbocycles. The van der Waals surface area contributed by atoms with Gasteiger partial charge < -0.3 is 14.9 Å². The van der Waals surface area contributed by atoms with Gasteiger partial charge in [-0.3, -0.25) is 4.79 Å². The largest absolute Gasteiger partial charge is 0.392 e. The number of carbonyl (C=O) groups is 1. The van der Waals surface area contributed by atoms with Crippen molar-refractivity contribution in [3.05, 3.63) is 28.2 Å². The van der Waals surface area contributed by atoms with Crippen molar-refractivity contribution in [3.63, 3.8) is 0 Å². The molecule has 0 bridgehead atoms. The molecule has 2 rings (SSSR count). The van der Waals surface area contributed by atoms with Crippen LogP contribution in [-0.2, 0) is 11.4 Å². The first kappa shape index (κ1) is 12.4. The molecule has 92 valence electrons. The fourth-order valence-electron chi connectivity index (χ4n) is 1.93. The van der Waals surface area contributed by atoms with Gasteiger partial charge in [-0.15, -0.1) is 0 Å². The maximum absolute atomic E-state index is 11.7. The van der Waals surface area contributed by atoms with Gasteiger partial charge in [0.05, 0.1) is 13.2 Å². The Morgan fingerprint density at radius 3 is 2.82 bits per heavy atom. The van der Waals surface area contributed by atoms with Crippen molar-refractivity contribution >= 4 is 27.5 Å². The highest BCUT2D eigenvalue weighted by Gasteiger charge is 2.22. The number of likely N-dealkylation sites (N-methyl/N-ethyl adjacent to an activating group) is 1. The molecule has 0 radical (unpaired) electrons. The van der Waals surface area contributed by atoms with Gasteiger partial charge in [-0.05, 0) is 12.1 Å². The van der Waals surface area contributed by atoms with Crippen molar-refractivity contribution in [2.75, 3.05) is 31.6 Å². The Morgan fingerprint density at radius 2 is 2.18 bits per heavy atom. The van der Waals surface area contributed by atoms with Crippen LogP contribution >= 0.6 is 15.9 Å². The van der Waals surface area contributed by atoms with Crippen LogP contribution in [0.2, 0.25) is 0 Å². The maximum Gasteiger partial charge on any atom is 0.241 e. The summed E-state index contributed by atoms with van der Waals surface area (Å²) in [6.45, 7) is 1.88. The van der Waals surface area contributed by atoms with Gasteiger partial charge in [-0.2, -0.15) is 0 Å². The summed E-state index contributed by atoms with van der Waals surface area (Å²) < 4.78 is 0.955. The van der Waals surface area contributed by atoms with Crippen molar-refractivity contribution in [1.29, 1.82) is 0 Å². The Kier molecular flexibility index (Phi) is 3.69. The molecule has 0 unspecified atom stereocenters. The molecule has 1 aliphatic rings. The van der Waals surface area contributed by atoms with Gasteiger partial charge in [0.15, 0.2) is 0 Å². The molecule has 0 saturated carbocycles. The summed E-state index contributed by atoms with van der Waals surface area (Å²) in [4.78, 5) is 15.4. The van der Waals surface area contributed by atoms with E-state index >= 15 is 0 Å². The van der Waals surface area contributed by atoms with E-state index in [-0.39, 0.29) is 12.5 Å². The highest BCUT2D eigenvalue weighted by atomic mass is 79.9. The molecule has 17 heavy (non-hydrogen) atoms. The number of amides is 1. The minimum absolute atomic E-state index is 0.0108. The second-order valence-corrected chi connectivity index (χ2v) is 5.08. The average molecular weight is 299 g/mol. The van der Waals surface area contributed by atoms with Gasteiger partial charge in [0.1, 0.15) is 0 Å². The molecule has 1 heterocycles. The molecule has 1 amide bonds. The van der Waals surface area contributed by atoms with Crippen molar-refractivity contribution in [3.8, 4) is 0 Å². The molecule has 4 nitrogen and oxygen atoms in total. The second kappa shape index (κ2) is 5.06. The molecule has 1 aromatic rings. The molecular weight excluding hydrogens is 284 g/mol. The normalized spacial score (nSPS) is 16.5. The molecular formula is C12H15BrN2O2. The number of aliphatic hydroxyl groups excluding tert-OH is 1. The third-order valence-corrected chi connectivity index (χ3v) is 3.51. The van der Waals surface area contributed by atoms with Gasteiger partial charge in [0.25, 0.3) is 0 Å². The second-order valence-electron chi connectivity index (χ2n) is 4.17. The third kappa shape index (κ3) is 2.61. The van der Waals surface area contributed by atoms with E-state index in [1.165, 1.54) is 0 Å². The monoisotopic (exact) mass is 298 g/mol. The third-order valence-electron chi connectivity index (χ3n) is 3.02. The number of hydrogen-bond acceptors (Lipinski definition) is 3. The van der Waals surface area contributed by atoms with Crippen LogP contribution in [0.4, 0.5) is 5.69 Å². The van der Waals surface area contributed by atoms with Crippen LogP contribution in [0.15, 0.2) is 22.7 Å². The van der Waals surface area contributed by atoms with Crippen LogP contribution in [0.25, 0.3) is 0 Å². The predicted octanol–water partition coefficient (Wildman–Crippen LogP) is 1.22. The fraction of sp³-hybridized carbons (Fsp3) is 0.417. The molecule has 0 aromatic heterocycles. The quantitative estimate of drug-likeness (QED) is 0.893. The van der Waals surface area contributed by atoms with Crippen LogP contribution in [-0.4, -0.2) is 42.6 Å². The van der Waals surface area contributed by atoms with Crippen molar-refractivity contribution < 1.29 is 9.90 Å². The Labute approximate surface area is 109 Å². The van der Waals surface area contributed by atoms with Gasteiger partial charge in [-0.1, -0.05) is 22.0 Å². The van der Waals surface area contributed by atoms with Crippen LogP contribution in [0.5, 0.6) is 0 Å². The van der Waals surface area contributed by atoms with Crippen LogP contribution < -0.4 is 4.90 Å². The minimum atomic E-state index is -0.0108. The summed E-state index contributed by atoms with van der Waals surface area (Å²) in [5, 5.41) is 9.32. The summed E-state index contributed by atoms with van der Waals surface area (Å²) in [7, 11) is 1.81. The molecule has 0 atom stereocenters. The number of anilines is 1. The topological polar surface area (TPSA) is 43.8 Å².